The fraction of sp³-hybridized carbons (Fsp3) is 0.0526. The number of nitrogens with two attached hydrogens (primary N) is 1. The Morgan fingerprint density at radius 3 is 2.81 bits per heavy atom. The Morgan fingerprint density at radius 2 is 2.04 bits per heavy atom. The lowest BCUT2D eigenvalue weighted by atomic mass is 10.0. The van der Waals surface area contributed by atoms with Gasteiger partial charge in [0, 0.05) is 23.5 Å². The Labute approximate surface area is 154 Å². The predicted molar refractivity (Wildman–Crippen MR) is 102 cm³/mol. The van der Waals surface area contributed by atoms with Crippen molar-refractivity contribution in [2.75, 3.05) is 18.2 Å². The summed E-state index contributed by atoms with van der Waals surface area (Å²) >= 11 is 0. The molecule has 134 valence electrons. The van der Waals surface area contributed by atoms with Gasteiger partial charge >= 0.3 is 0 Å². The van der Waals surface area contributed by atoms with E-state index in [1.807, 2.05) is 0 Å². The highest BCUT2D eigenvalue weighted by Gasteiger charge is 2.17. The van der Waals surface area contributed by atoms with Gasteiger partial charge in [-0.1, -0.05) is 6.07 Å². The zero-order chi connectivity index (χ0) is 18.8. The molecular weight excluding hydrogens is 344 g/mol. The third-order valence-corrected chi connectivity index (χ3v) is 4.13. The number of aromatic amines is 1. The average Bonchev–Trinajstić information content (AvgIpc) is 3.13. The number of nitrogens with zero attached hydrogens (tertiary/aromatic N) is 3. The molecule has 0 radical (unpaired) electrons. The molecule has 3 aromatic heterocycles. The minimum absolute atomic E-state index is 0.286. The van der Waals surface area contributed by atoms with E-state index in [9.17, 15) is 4.79 Å². The van der Waals surface area contributed by atoms with Crippen LogP contribution in [0.15, 0.2) is 54.9 Å². The number of carbonyl (C=O) groups excluding carboxylic acids is 1. The summed E-state index contributed by atoms with van der Waals surface area (Å²) in [5, 5.41) is 10.7. The Balaban J connectivity index is 1.72. The molecule has 27 heavy (non-hydrogen) atoms. The van der Waals surface area contributed by atoms with Crippen molar-refractivity contribution in [3.63, 3.8) is 0 Å². The number of aromatic nitrogens is 4. The van der Waals surface area contributed by atoms with Gasteiger partial charge in [0.15, 0.2) is 0 Å². The number of nitrogen functional groups attached to an aromatic ring is 1. The van der Waals surface area contributed by atoms with Crippen LogP contribution in [0, 0.1) is 0 Å². The predicted octanol–water partition coefficient (Wildman–Crippen LogP) is 2.86. The van der Waals surface area contributed by atoms with Crippen LogP contribution in [0.4, 0.5) is 11.6 Å². The van der Waals surface area contributed by atoms with Crippen LogP contribution in [0.5, 0.6) is 5.75 Å². The number of hydrogen-bond acceptors (Lipinski definition) is 6. The van der Waals surface area contributed by atoms with Gasteiger partial charge in [-0.15, -0.1) is 0 Å². The summed E-state index contributed by atoms with van der Waals surface area (Å²) in [6.45, 7) is 0. The largest absolute Gasteiger partial charge is 0.496 e. The summed E-state index contributed by atoms with van der Waals surface area (Å²) in [6, 6.07) is 12.2. The molecule has 3 heterocycles. The summed E-state index contributed by atoms with van der Waals surface area (Å²) in [5.74, 6) is 1.06. The van der Waals surface area contributed by atoms with Crippen molar-refractivity contribution in [1.29, 1.82) is 0 Å². The number of hydrogen-bond donors (Lipinski definition) is 3. The van der Waals surface area contributed by atoms with Crippen molar-refractivity contribution in [3.05, 3.63) is 60.4 Å². The highest BCUT2D eigenvalue weighted by atomic mass is 16.5. The second-order valence-corrected chi connectivity index (χ2v) is 5.78. The van der Waals surface area contributed by atoms with Gasteiger partial charge in [-0.2, -0.15) is 5.10 Å². The molecule has 8 nitrogen and oxygen atoms in total. The number of carbonyl (C=O) groups is 1. The Morgan fingerprint density at radius 1 is 1.15 bits per heavy atom. The van der Waals surface area contributed by atoms with Gasteiger partial charge in [0.2, 0.25) is 0 Å². The van der Waals surface area contributed by atoms with E-state index in [0.29, 0.717) is 39.6 Å². The molecule has 1 aromatic carbocycles. The molecule has 0 aliphatic carbocycles. The maximum atomic E-state index is 12.5. The summed E-state index contributed by atoms with van der Waals surface area (Å²) < 4.78 is 5.49. The Bertz CT molecular complexity index is 1120. The topological polar surface area (TPSA) is 119 Å². The van der Waals surface area contributed by atoms with Crippen molar-refractivity contribution in [2.24, 2.45) is 0 Å². The number of methoxy groups -OCH3 is 1. The molecule has 4 rings (SSSR count). The molecule has 0 bridgehead atoms. The lowest BCUT2D eigenvalue weighted by Crippen LogP contribution is -2.13. The first kappa shape index (κ1) is 16.5. The second-order valence-electron chi connectivity index (χ2n) is 5.78. The summed E-state index contributed by atoms with van der Waals surface area (Å²) in [7, 11) is 1.54. The van der Waals surface area contributed by atoms with Gasteiger partial charge in [-0.25, -0.2) is 9.97 Å². The fourth-order valence-electron chi connectivity index (χ4n) is 2.84. The number of rotatable bonds is 4. The molecule has 4 N–H and O–H groups in total. The van der Waals surface area contributed by atoms with Crippen molar-refractivity contribution < 1.29 is 9.53 Å². The van der Waals surface area contributed by atoms with E-state index in [0.717, 1.165) is 5.52 Å². The molecule has 0 unspecified atom stereocenters. The number of anilines is 2. The number of H-pyrrole nitrogens is 1. The van der Waals surface area contributed by atoms with E-state index in [1.54, 1.807) is 54.9 Å². The van der Waals surface area contributed by atoms with E-state index in [1.165, 1.54) is 7.11 Å². The van der Waals surface area contributed by atoms with Gasteiger partial charge in [0.05, 0.1) is 18.0 Å². The number of pyridine rings is 2. The van der Waals surface area contributed by atoms with Crippen LogP contribution in [0.1, 0.15) is 10.4 Å². The van der Waals surface area contributed by atoms with E-state index < -0.39 is 0 Å². The van der Waals surface area contributed by atoms with E-state index in [4.69, 9.17) is 10.5 Å². The number of ether oxygens (including phenoxy) is 1. The van der Waals surface area contributed by atoms with Crippen LogP contribution >= 0.6 is 0 Å². The van der Waals surface area contributed by atoms with Gasteiger partial charge in [-0.3, -0.25) is 9.89 Å². The van der Waals surface area contributed by atoms with Gasteiger partial charge in [0.25, 0.3) is 5.91 Å². The van der Waals surface area contributed by atoms with Crippen LogP contribution in [0.25, 0.3) is 22.2 Å². The van der Waals surface area contributed by atoms with Crippen molar-refractivity contribution in [1.82, 2.24) is 20.2 Å². The SMILES string of the molecule is COc1cc(C(=O)Nc2ccccn2)ccc1-c1n[nH]c2ccnc(N)c12. The first-order valence-corrected chi connectivity index (χ1v) is 8.16. The fourth-order valence-corrected chi connectivity index (χ4v) is 2.84. The van der Waals surface area contributed by atoms with E-state index in [2.05, 4.69) is 25.5 Å². The Kier molecular flexibility index (Phi) is 4.13. The van der Waals surface area contributed by atoms with Crippen molar-refractivity contribution in [2.45, 2.75) is 0 Å². The molecule has 8 heteroatoms. The smallest absolute Gasteiger partial charge is 0.256 e. The summed E-state index contributed by atoms with van der Waals surface area (Å²) in [6.07, 6.45) is 3.22. The number of amides is 1. The summed E-state index contributed by atoms with van der Waals surface area (Å²) in [4.78, 5) is 20.7. The number of fused-ring (bicyclic) bond motifs is 1. The molecule has 0 saturated carbocycles. The third kappa shape index (κ3) is 3.04. The summed E-state index contributed by atoms with van der Waals surface area (Å²) in [5.41, 5.74) is 8.54. The first-order chi connectivity index (χ1) is 13.2. The highest BCUT2D eigenvalue weighted by molar-refractivity contribution is 6.05. The lowest BCUT2D eigenvalue weighted by molar-refractivity contribution is 0.102. The molecular formula is C19H16N6O2. The van der Waals surface area contributed by atoms with Gasteiger partial charge in [0.1, 0.15) is 23.1 Å². The standard InChI is InChI=1S/C19H16N6O2/c1-27-14-10-11(19(26)23-15-4-2-3-8-21-15)5-6-12(14)17-16-13(24-25-17)7-9-22-18(16)20/h2-10H,1H3,(H2,20,22)(H,24,25)(H,21,23,26). The van der Waals surface area contributed by atoms with Crippen LogP contribution in [0.3, 0.4) is 0 Å². The maximum Gasteiger partial charge on any atom is 0.256 e. The Hall–Kier alpha value is -3.94. The van der Waals surface area contributed by atoms with Crippen LogP contribution in [0.2, 0.25) is 0 Å². The maximum absolute atomic E-state index is 12.5. The van der Waals surface area contributed by atoms with Crippen molar-refractivity contribution >= 4 is 28.4 Å². The number of benzene rings is 1. The molecule has 0 atom stereocenters. The highest BCUT2D eigenvalue weighted by Crippen LogP contribution is 2.35. The third-order valence-electron chi connectivity index (χ3n) is 4.13. The zero-order valence-electron chi connectivity index (χ0n) is 14.4. The minimum Gasteiger partial charge on any atom is -0.496 e. The zero-order valence-corrected chi connectivity index (χ0v) is 14.4. The molecule has 1 amide bonds. The van der Waals surface area contributed by atoms with Crippen LogP contribution in [-0.4, -0.2) is 33.2 Å². The molecule has 0 aliphatic heterocycles. The van der Waals surface area contributed by atoms with Crippen LogP contribution < -0.4 is 15.8 Å². The average molecular weight is 360 g/mol. The second kappa shape index (κ2) is 6.75. The van der Waals surface area contributed by atoms with Gasteiger partial charge < -0.3 is 15.8 Å². The first-order valence-electron chi connectivity index (χ1n) is 8.16. The quantitative estimate of drug-likeness (QED) is 0.515. The molecule has 0 aliphatic rings. The number of nitrogens with one attached hydrogen (secondary N) is 2. The van der Waals surface area contributed by atoms with Crippen LogP contribution in [-0.2, 0) is 0 Å². The monoisotopic (exact) mass is 360 g/mol. The van der Waals surface area contributed by atoms with Gasteiger partial charge in [-0.05, 0) is 36.4 Å². The molecule has 0 saturated heterocycles. The molecule has 0 spiro atoms. The minimum atomic E-state index is -0.286. The van der Waals surface area contributed by atoms with E-state index >= 15 is 0 Å². The molecule has 4 aromatic rings. The molecule has 0 fully saturated rings. The normalized spacial score (nSPS) is 10.7. The lowest BCUT2D eigenvalue weighted by Gasteiger charge is -2.10. The van der Waals surface area contributed by atoms with Crippen molar-refractivity contribution in [3.8, 4) is 17.0 Å². The van der Waals surface area contributed by atoms with E-state index in [-0.39, 0.29) is 5.91 Å².